The largest absolute Gasteiger partial charge is 0.313 e. The van der Waals surface area contributed by atoms with E-state index in [2.05, 4.69) is 52.2 Å². The first-order valence-corrected chi connectivity index (χ1v) is 13.5. The summed E-state index contributed by atoms with van der Waals surface area (Å²) in [7, 11) is 0. The van der Waals surface area contributed by atoms with Crippen molar-refractivity contribution in [2.45, 2.75) is 124 Å². The average Bonchev–Trinajstić information content (AvgIpc) is 2.77. The van der Waals surface area contributed by atoms with Crippen molar-refractivity contribution in [3.63, 3.8) is 0 Å². The molecule has 0 heterocycles. The minimum atomic E-state index is 0.759. The Balaban J connectivity index is 1.82. The van der Waals surface area contributed by atoms with E-state index in [-0.39, 0.29) is 0 Å². The zero-order chi connectivity index (χ0) is 21.2. The predicted molar refractivity (Wildman–Crippen MR) is 129 cm³/mol. The molecule has 2 saturated carbocycles. The number of hydrogen-bond donors (Lipinski definition) is 2. The molecule has 0 spiro atoms. The van der Waals surface area contributed by atoms with Gasteiger partial charge < -0.3 is 10.6 Å². The molecule has 2 heteroatoms. The first-order chi connectivity index (χ1) is 14.1. The maximum Gasteiger partial charge on any atom is 0.0126 e. The van der Waals surface area contributed by atoms with Crippen molar-refractivity contribution >= 4 is 0 Å². The molecule has 0 aromatic rings. The molecule has 0 aliphatic heterocycles. The lowest BCUT2D eigenvalue weighted by Gasteiger charge is -2.42. The maximum atomic E-state index is 4.06. The standard InChI is InChI=1S/C27H54N2/c1-7-20(5)24-16-11-14-22(9-3)26(24)28-18-13-19-29-27-23(10-4)15-12-17-25(27)21(6)8-2/h20-29H,7-19H2,1-6H3. The van der Waals surface area contributed by atoms with Gasteiger partial charge in [-0.1, -0.05) is 80.1 Å². The Kier molecular flexibility index (Phi) is 11.6. The summed E-state index contributed by atoms with van der Waals surface area (Å²) in [4.78, 5) is 0. The molecule has 0 saturated heterocycles. The minimum absolute atomic E-state index is 0.759. The van der Waals surface area contributed by atoms with Gasteiger partial charge >= 0.3 is 0 Å². The molecule has 2 fully saturated rings. The number of hydrogen-bond acceptors (Lipinski definition) is 2. The Morgan fingerprint density at radius 1 is 0.655 bits per heavy atom. The molecular formula is C27H54N2. The average molecular weight is 407 g/mol. The fourth-order valence-corrected chi connectivity index (χ4v) is 6.71. The van der Waals surface area contributed by atoms with Crippen molar-refractivity contribution in [3.05, 3.63) is 0 Å². The fourth-order valence-electron chi connectivity index (χ4n) is 6.71. The molecule has 8 atom stereocenters. The lowest BCUT2D eigenvalue weighted by molar-refractivity contribution is 0.125. The van der Waals surface area contributed by atoms with Crippen LogP contribution in [0.4, 0.5) is 0 Å². The van der Waals surface area contributed by atoms with E-state index in [4.69, 9.17) is 0 Å². The van der Waals surface area contributed by atoms with Gasteiger partial charge in [0.05, 0.1) is 0 Å². The molecule has 0 aromatic carbocycles. The van der Waals surface area contributed by atoms with Crippen molar-refractivity contribution in [1.29, 1.82) is 0 Å². The van der Waals surface area contributed by atoms with Gasteiger partial charge in [0.25, 0.3) is 0 Å². The molecule has 0 aromatic heterocycles. The second-order valence-corrected chi connectivity index (χ2v) is 10.6. The van der Waals surface area contributed by atoms with Crippen LogP contribution in [0.5, 0.6) is 0 Å². The van der Waals surface area contributed by atoms with Gasteiger partial charge in [0.15, 0.2) is 0 Å². The highest BCUT2D eigenvalue weighted by Gasteiger charge is 2.35. The maximum absolute atomic E-state index is 4.06. The van der Waals surface area contributed by atoms with Crippen LogP contribution >= 0.6 is 0 Å². The van der Waals surface area contributed by atoms with E-state index in [9.17, 15) is 0 Å². The summed E-state index contributed by atoms with van der Waals surface area (Å²) in [5, 5.41) is 8.11. The van der Waals surface area contributed by atoms with E-state index in [0.29, 0.717) is 0 Å². The van der Waals surface area contributed by atoms with Gasteiger partial charge in [0.2, 0.25) is 0 Å². The molecule has 29 heavy (non-hydrogen) atoms. The molecule has 8 unspecified atom stereocenters. The molecule has 2 aliphatic carbocycles. The second kappa shape index (κ2) is 13.4. The third-order valence-electron chi connectivity index (χ3n) is 9.08. The van der Waals surface area contributed by atoms with Crippen LogP contribution in [0.3, 0.4) is 0 Å². The van der Waals surface area contributed by atoms with E-state index in [0.717, 1.165) is 47.6 Å². The molecule has 2 aliphatic rings. The highest BCUT2D eigenvalue weighted by Crippen LogP contribution is 2.38. The lowest BCUT2D eigenvalue weighted by Crippen LogP contribution is -2.49. The van der Waals surface area contributed by atoms with Crippen LogP contribution in [0.2, 0.25) is 0 Å². The summed E-state index contributed by atoms with van der Waals surface area (Å²) in [6, 6.07) is 1.52. The third kappa shape index (κ3) is 6.96. The van der Waals surface area contributed by atoms with E-state index in [1.165, 1.54) is 83.7 Å². The smallest absolute Gasteiger partial charge is 0.0126 e. The number of rotatable bonds is 12. The summed E-state index contributed by atoms with van der Waals surface area (Å²) in [5.74, 6) is 5.31. The lowest BCUT2D eigenvalue weighted by atomic mass is 9.70. The molecule has 0 bridgehead atoms. The third-order valence-corrected chi connectivity index (χ3v) is 9.08. The Morgan fingerprint density at radius 2 is 1.07 bits per heavy atom. The second-order valence-electron chi connectivity index (χ2n) is 10.6. The summed E-state index contributed by atoms with van der Waals surface area (Å²) in [6.45, 7) is 16.9. The van der Waals surface area contributed by atoms with Crippen LogP contribution in [0.15, 0.2) is 0 Å². The van der Waals surface area contributed by atoms with Gasteiger partial charge in [0, 0.05) is 12.1 Å². The molecule has 0 amide bonds. The highest BCUT2D eigenvalue weighted by atomic mass is 15.0. The van der Waals surface area contributed by atoms with Gasteiger partial charge in [-0.25, -0.2) is 0 Å². The summed E-state index contributed by atoms with van der Waals surface area (Å²) >= 11 is 0. The van der Waals surface area contributed by atoms with Crippen LogP contribution in [-0.4, -0.2) is 25.2 Å². The minimum Gasteiger partial charge on any atom is -0.313 e. The number of nitrogens with one attached hydrogen (secondary N) is 2. The Bertz CT molecular complexity index is 385. The normalized spacial score (nSPS) is 35.4. The van der Waals surface area contributed by atoms with Crippen LogP contribution in [-0.2, 0) is 0 Å². The van der Waals surface area contributed by atoms with Crippen LogP contribution < -0.4 is 10.6 Å². The van der Waals surface area contributed by atoms with Crippen molar-refractivity contribution in [3.8, 4) is 0 Å². The molecule has 2 N–H and O–H groups in total. The molecular weight excluding hydrogens is 352 g/mol. The SMILES string of the molecule is CCC(C)C1CCCC(CC)C1NCCCNC1C(CC)CCCC1C(C)CC. The molecule has 172 valence electrons. The van der Waals surface area contributed by atoms with Crippen LogP contribution in [0.1, 0.15) is 112 Å². The zero-order valence-electron chi connectivity index (χ0n) is 20.8. The molecule has 0 radical (unpaired) electrons. The first-order valence-electron chi connectivity index (χ1n) is 13.5. The summed E-state index contributed by atoms with van der Waals surface area (Å²) < 4.78 is 0. The van der Waals surface area contributed by atoms with Gasteiger partial charge in [0.1, 0.15) is 0 Å². The first kappa shape index (κ1) is 25.2. The summed E-state index contributed by atoms with van der Waals surface area (Å²) in [6.07, 6.45) is 15.3. The molecule has 2 rings (SSSR count). The van der Waals surface area contributed by atoms with E-state index < -0.39 is 0 Å². The topological polar surface area (TPSA) is 24.1 Å². The van der Waals surface area contributed by atoms with Crippen LogP contribution in [0.25, 0.3) is 0 Å². The van der Waals surface area contributed by atoms with Crippen molar-refractivity contribution in [1.82, 2.24) is 10.6 Å². The Hall–Kier alpha value is -0.0800. The molecule has 2 nitrogen and oxygen atoms in total. The Labute approximate surface area is 183 Å². The van der Waals surface area contributed by atoms with Crippen molar-refractivity contribution < 1.29 is 0 Å². The van der Waals surface area contributed by atoms with Crippen molar-refractivity contribution in [2.75, 3.05) is 13.1 Å². The van der Waals surface area contributed by atoms with E-state index >= 15 is 0 Å². The highest BCUT2D eigenvalue weighted by molar-refractivity contribution is 4.91. The van der Waals surface area contributed by atoms with Crippen molar-refractivity contribution in [2.24, 2.45) is 35.5 Å². The van der Waals surface area contributed by atoms with E-state index in [1.54, 1.807) is 0 Å². The van der Waals surface area contributed by atoms with Gasteiger partial charge in [-0.3, -0.25) is 0 Å². The Morgan fingerprint density at radius 3 is 1.41 bits per heavy atom. The van der Waals surface area contributed by atoms with Gasteiger partial charge in [-0.15, -0.1) is 0 Å². The van der Waals surface area contributed by atoms with Gasteiger partial charge in [-0.2, -0.15) is 0 Å². The zero-order valence-corrected chi connectivity index (χ0v) is 20.8. The van der Waals surface area contributed by atoms with E-state index in [1.807, 2.05) is 0 Å². The van der Waals surface area contributed by atoms with Crippen LogP contribution in [0, 0.1) is 35.5 Å². The monoisotopic (exact) mass is 406 g/mol. The fraction of sp³-hybridized carbons (Fsp3) is 1.00. The predicted octanol–water partition coefficient (Wildman–Crippen LogP) is 7.04. The quantitative estimate of drug-likeness (QED) is 0.340. The van der Waals surface area contributed by atoms with Gasteiger partial charge in [-0.05, 0) is 80.7 Å². The summed E-state index contributed by atoms with van der Waals surface area (Å²) in [5.41, 5.74) is 0.